The first-order valence-electron chi connectivity index (χ1n) is 8.00. The molecule has 0 aliphatic rings. The molecular formula is C22H15NO2. The van der Waals surface area contributed by atoms with Crippen LogP contribution in [0.5, 0.6) is 0 Å². The number of hydrogen-bond acceptors (Lipinski definition) is 2. The van der Waals surface area contributed by atoms with Gasteiger partial charge < -0.3 is 5.11 Å². The molecular weight excluding hydrogens is 310 g/mol. The van der Waals surface area contributed by atoms with Crippen molar-refractivity contribution in [3.05, 3.63) is 90.8 Å². The summed E-state index contributed by atoms with van der Waals surface area (Å²) in [6, 6.07) is 23.5. The molecule has 0 saturated heterocycles. The van der Waals surface area contributed by atoms with Crippen molar-refractivity contribution in [1.29, 1.82) is 0 Å². The van der Waals surface area contributed by atoms with Gasteiger partial charge in [-0.3, -0.25) is 4.98 Å². The number of aromatic nitrogens is 1. The predicted octanol–water partition coefficient (Wildman–Crippen LogP) is 5.36. The monoisotopic (exact) mass is 325 g/mol. The number of pyridine rings is 1. The van der Waals surface area contributed by atoms with E-state index in [0.29, 0.717) is 5.56 Å². The fourth-order valence-corrected chi connectivity index (χ4v) is 3.23. The van der Waals surface area contributed by atoms with Crippen LogP contribution < -0.4 is 0 Å². The van der Waals surface area contributed by atoms with Gasteiger partial charge in [0.25, 0.3) is 0 Å². The van der Waals surface area contributed by atoms with E-state index >= 15 is 0 Å². The van der Waals surface area contributed by atoms with Crippen LogP contribution in [-0.4, -0.2) is 16.1 Å². The third kappa shape index (κ3) is 2.66. The number of nitrogens with zero attached hydrogens (tertiary/aromatic N) is 1. The summed E-state index contributed by atoms with van der Waals surface area (Å²) in [6.07, 6.45) is 3.50. The second kappa shape index (κ2) is 6.21. The van der Waals surface area contributed by atoms with Crippen LogP contribution in [0.25, 0.3) is 32.3 Å². The summed E-state index contributed by atoms with van der Waals surface area (Å²) in [5.41, 5.74) is 0.366. The van der Waals surface area contributed by atoms with Crippen molar-refractivity contribution in [3.63, 3.8) is 0 Å². The Labute approximate surface area is 144 Å². The van der Waals surface area contributed by atoms with Crippen LogP contribution in [0.4, 0.5) is 0 Å². The molecule has 5 rings (SSSR count). The number of benzene rings is 4. The topological polar surface area (TPSA) is 50.2 Å². The van der Waals surface area contributed by atoms with Gasteiger partial charge in [0.05, 0.1) is 5.56 Å². The highest BCUT2D eigenvalue weighted by molar-refractivity contribution is 6.25. The smallest absolute Gasteiger partial charge is 0.336 e. The molecule has 0 bridgehead atoms. The fraction of sp³-hybridized carbons (Fsp3) is 0. The molecule has 0 aliphatic heterocycles. The quantitative estimate of drug-likeness (QED) is 0.422. The molecule has 0 atom stereocenters. The van der Waals surface area contributed by atoms with E-state index in [2.05, 4.69) is 29.2 Å². The van der Waals surface area contributed by atoms with Crippen molar-refractivity contribution in [2.75, 3.05) is 0 Å². The molecule has 0 fully saturated rings. The number of carboxylic acids is 1. The Morgan fingerprint density at radius 1 is 0.680 bits per heavy atom. The first kappa shape index (κ1) is 15.1. The van der Waals surface area contributed by atoms with Gasteiger partial charge in [-0.25, -0.2) is 4.79 Å². The van der Waals surface area contributed by atoms with Gasteiger partial charge in [0, 0.05) is 12.4 Å². The second-order valence-corrected chi connectivity index (χ2v) is 5.80. The van der Waals surface area contributed by atoms with Gasteiger partial charge in [0.15, 0.2) is 0 Å². The van der Waals surface area contributed by atoms with Gasteiger partial charge in [-0.2, -0.15) is 0 Å². The normalized spacial score (nSPS) is 10.7. The highest BCUT2D eigenvalue weighted by atomic mass is 16.4. The van der Waals surface area contributed by atoms with Crippen LogP contribution in [0.15, 0.2) is 85.2 Å². The third-order valence-corrected chi connectivity index (χ3v) is 4.33. The Morgan fingerprint density at radius 2 is 1.28 bits per heavy atom. The van der Waals surface area contributed by atoms with Crippen LogP contribution in [0.2, 0.25) is 0 Å². The summed E-state index contributed by atoms with van der Waals surface area (Å²) in [4.78, 5) is 15.1. The SMILES string of the molecule is O=C(O)c1ccc2ccc3cccc4ccc1c2c34.c1ccncc1. The molecule has 4 aromatic carbocycles. The van der Waals surface area contributed by atoms with Gasteiger partial charge in [0.2, 0.25) is 0 Å². The number of carbonyl (C=O) groups is 1. The van der Waals surface area contributed by atoms with Gasteiger partial charge >= 0.3 is 5.97 Å². The third-order valence-electron chi connectivity index (χ3n) is 4.33. The first-order chi connectivity index (χ1) is 12.3. The fourth-order valence-electron chi connectivity index (χ4n) is 3.23. The minimum absolute atomic E-state index is 0.366. The molecule has 25 heavy (non-hydrogen) atoms. The summed E-state index contributed by atoms with van der Waals surface area (Å²) < 4.78 is 0. The first-order valence-corrected chi connectivity index (χ1v) is 8.00. The number of hydrogen-bond donors (Lipinski definition) is 1. The van der Waals surface area contributed by atoms with Crippen LogP contribution in [0.3, 0.4) is 0 Å². The van der Waals surface area contributed by atoms with E-state index in [9.17, 15) is 9.90 Å². The zero-order valence-electron chi connectivity index (χ0n) is 13.4. The standard InChI is InChI=1S/C17H10O2.C5H5N/c18-17(19)14-9-7-12-5-4-10-2-1-3-11-6-8-13(14)16(12)15(10)11;1-2-4-6-5-3-1/h1-9H,(H,18,19);1-5H. The lowest BCUT2D eigenvalue weighted by Crippen LogP contribution is -1.98. The van der Waals surface area contributed by atoms with Gasteiger partial charge in [-0.1, -0.05) is 54.6 Å². The zero-order valence-corrected chi connectivity index (χ0v) is 13.4. The summed E-state index contributed by atoms with van der Waals surface area (Å²) in [5.74, 6) is -0.877. The number of carboxylic acid groups (broad SMARTS) is 1. The van der Waals surface area contributed by atoms with E-state index in [4.69, 9.17) is 0 Å². The number of aromatic carboxylic acids is 1. The Morgan fingerprint density at radius 3 is 1.84 bits per heavy atom. The van der Waals surface area contributed by atoms with Crippen molar-refractivity contribution in [1.82, 2.24) is 4.98 Å². The van der Waals surface area contributed by atoms with E-state index in [-0.39, 0.29) is 0 Å². The predicted molar refractivity (Wildman–Crippen MR) is 101 cm³/mol. The lowest BCUT2D eigenvalue weighted by molar-refractivity contribution is 0.0699. The molecule has 1 aromatic heterocycles. The lowest BCUT2D eigenvalue weighted by atomic mass is 9.92. The number of rotatable bonds is 1. The van der Waals surface area contributed by atoms with Gasteiger partial charge in [-0.15, -0.1) is 0 Å². The molecule has 5 aromatic rings. The van der Waals surface area contributed by atoms with Crippen molar-refractivity contribution >= 4 is 38.3 Å². The van der Waals surface area contributed by atoms with Crippen LogP contribution in [0, 0.1) is 0 Å². The Balaban J connectivity index is 0.000000223. The molecule has 120 valence electrons. The van der Waals surface area contributed by atoms with E-state index in [1.165, 1.54) is 0 Å². The average molecular weight is 325 g/mol. The molecule has 1 heterocycles. The molecule has 0 unspecified atom stereocenters. The molecule has 3 heteroatoms. The largest absolute Gasteiger partial charge is 0.478 e. The Hall–Kier alpha value is -3.46. The molecule has 0 spiro atoms. The van der Waals surface area contributed by atoms with Gasteiger partial charge in [0.1, 0.15) is 0 Å². The summed E-state index contributed by atoms with van der Waals surface area (Å²) in [7, 11) is 0. The molecule has 0 radical (unpaired) electrons. The van der Waals surface area contributed by atoms with Crippen LogP contribution in [0.1, 0.15) is 10.4 Å². The van der Waals surface area contributed by atoms with Crippen molar-refractivity contribution in [2.24, 2.45) is 0 Å². The van der Waals surface area contributed by atoms with Crippen molar-refractivity contribution in [3.8, 4) is 0 Å². The summed E-state index contributed by atoms with van der Waals surface area (Å²) in [5, 5.41) is 15.7. The maximum absolute atomic E-state index is 11.3. The average Bonchev–Trinajstić information content (AvgIpc) is 2.67. The van der Waals surface area contributed by atoms with E-state index < -0.39 is 5.97 Å². The molecule has 0 aliphatic carbocycles. The Bertz CT molecular complexity index is 1120. The molecule has 0 amide bonds. The highest BCUT2D eigenvalue weighted by Gasteiger charge is 2.13. The second-order valence-electron chi connectivity index (χ2n) is 5.80. The molecule has 3 nitrogen and oxygen atoms in total. The maximum Gasteiger partial charge on any atom is 0.336 e. The Kier molecular flexibility index (Phi) is 3.75. The van der Waals surface area contributed by atoms with Crippen molar-refractivity contribution in [2.45, 2.75) is 0 Å². The molecule has 1 N–H and O–H groups in total. The summed E-state index contributed by atoms with van der Waals surface area (Å²) in [6.45, 7) is 0. The van der Waals surface area contributed by atoms with Crippen molar-refractivity contribution < 1.29 is 9.90 Å². The van der Waals surface area contributed by atoms with E-state index in [1.807, 2.05) is 42.5 Å². The maximum atomic E-state index is 11.3. The minimum atomic E-state index is -0.877. The van der Waals surface area contributed by atoms with Gasteiger partial charge in [-0.05, 0) is 50.5 Å². The summed E-state index contributed by atoms with van der Waals surface area (Å²) >= 11 is 0. The minimum Gasteiger partial charge on any atom is -0.478 e. The molecule has 0 saturated carbocycles. The van der Waals surface area contributed by atoms with E-state index in [1.54, 1.807) is 18.5 Å². The lowest BCUT2D eigenvalue weighted by Gasteiger charge is -2.11. The van der Waals surface area contributed by atoms with Crippen LogP contribution in [-0.2, 0) is 0 Å². The van der Waals surface area contributed by atoms with Crippen LogP contribution >= 0.6 is 0 Å². The highest BCUT2D eigenvalue weighted by Crippen LogP contribution is 2.35. The van der Waals surface area contributed by atoms with E-state index in [0.717, 1.165) is 32.3 Å². The zero-order chi connectivity index (χ0) is 17.2.